The average molecular weight is 187 g/mol. The van der Waals surface area contributed by atoms with Gasteiger partial charge in [-0.2, -0.15) is 0 Å². The van der Waals surface area contributed by atoms with Crippen LogP contribution >= 0.6 is 11.6 Å². The number of methoxy groups -OCH3 is 1. The van der Waals surface area contributed by atoms with Gasteiger partial charge in [0.25, 0.3) is 0 Å². The molecule has 0 aromatic carbocycles. The molecule has 0 saturated heterocycles. The first-order valence-electron chi connectivity index (χ1n) is 3.60. The first kappa shape index (κ1) is 9.45. The molecule has 3 nitrogen and oxygen atoms in total. The average Bonchev–Trinajstić information content (AvgIpc) is 2.05. The van der Waals surface area contributed by atoms with E-state index in [9.17, 15) is 0 Å². The van der Waals surface area contributed by atoms with E-state index in [4.69, 9.17) is 22.1 Å². The van der Waals surface area contributed by atoms with Gasteiger partial charge in [-0.05, 0) is 12.1 Å². The molecule has 0 fully saturated rings. The summed E-state index contributed by atoms with van der Waals surface area (Å²) in [6, 6.07) is 3.25. The molecule has 0 spiro atoms. The first-order chi connectivity index (χ1) is 5.74. The van der Waals surface area contributed by atoms with Gasteiger partial charge in [0.2, 0.25) is 0 Å². The molecule has 12 heavy (non-hydrogen) atoms. The summed E-state index contributed by atoms with van der Waals surface area (Å²) in [6.07, 6.45) is 1.63. The molecule has 0 radical (unpaired) electrons. The fourth-order valence-electron chi connectivity index (χ4n) is 0.889. The lowest BCUT2D eigenvalue weighted by Crippen LogP contribution is -2.17. The second-order valence-electron chi connectivity index (χ2n) is 2.46. The lowest BCUT2D eigenvalue weighted by atomic mass is 10.2. The Morgan fingerprint density at radius 2 is 2.50 bits per heavy atom. The van der Waals surface area contributed by atoms with Crippen molar-refractivity contribution >= 4 is 11.6 Å². The number of nitrogens with zero attached hydrogens (tertiary/aromatic N) is 1. The molecule has 0 amide bonds. The van der Waals surface area contributed by atoms with E-state index in [0.29, 0.717) is 11.6 Å². The highest BCUT2D eigenvalue weighted by atomic mass is 35.5. The van der Waals surface area contributed by atoms with Crippen LogP contribution < -0.4 is 5.73 Å². The van der Waals surface area contributed by atoms with Crippen LogP contribution in [-0.4, -0.2) is 18.7 Å². The number of ether oxygens (including phenoxy) is 1. The Hall–Kier alpha value is -0.640. The van der Waals surface area contributed by atoms with Gasteiger partial charge in [-0.3, -0.25) is 4.98 Å². The molecule has 1 heterocycles. The predicted molar refractivity (Wildman–Crippen MR) is 48.1 cm³/mol. The quantitative estimate of drug-likeness (QED) is 0.776. The minimum Gasteiger partial charge on any atom is -0.383 e. The Bertz CT molecular complexity index is 255. The Morgan fingerprint density at radius 1 is 1.75 bits per heavy atom. The fraction of sp³-hybridized carbons (Fsp3) is 0.375. The summed E-state index contributed by atoms with van der Waals surface area (Å²) in [7, 11) is 1.60. The molecule has 1 atom stereocenters. The Kier molecular flexibility index (Phi) is 3.47. The van der Waals surface area contributed by atoms with Crippen molar-refractivity contribution in [3.8, 4) is 0 Å². The highest BCUT2D eigenvalue weighted by molar-refractivity contribution is 6.30. The van der Waals surface area contributed by atoms with Crippen LogP contribution in [0.5, 0.6) is 0 Å². The number of pyridine rings is 1. The third-order valence-corrected chi connectivity index (χ3v) is 1.70. The SMILES string of the molecule is COCC(N)c1cc(Cl)ccn1. The molecular weight excluding hydrogens is 176 g/mol. The monoisotopic (exact) mass is 186 g/mol. The number of hydrogen-bond donors (Lipinski definition) is 1. The number of nitrogens with two attached hydrogens (primary N) is 1. The van der Waals surface area contributed by atoms with Gasteiger partial charge in [0, 0.05) is 18.3 Å². The summed E-state index contributed by atoms with van der Waals surface area (Å²) in [5, 5.41) is 0.645. The first-order valence-corrected chi connectivity index (χ1v) is 3.98. The Morgan fingerprint density at radius 3 is 3.08 bits per heavy atom. The van der Waals surface area contributed by atoms with Crippen molar-refractivity contribution in [1.29, 1.82) is 0 Å². The lowest BCUT2D eigenvalue weighted by Gasteiger charge is -2.08. The van der Waals surface area contributed by atoms with E-state index in [0.717, 1.165) is 5.69 Å². The molecule has 1 unspecified atom stereocenters. The van der Waals surface area contributed by atoms with E-state index in [1.54, 1.807) is 25.4 Å². The van der Waals surface area contributed by atoms with Gasteiger partial charge in [0.1, 0.15) is 0 Å². The number of aromatic nitrogens is 1. The van der Waals surface area contributed by atoms with Crippen LogP contribution in [0.2, 0.25) is 5.02 Å². The minimum atomic E-state index is -0.200. The van der Waals surface area contributed by atoms with Crippen LogP contribution in [0.3, 0.4) is 0 Å². The van der Waals surface area contributed by atoms with E-state index >= 15 is 0 Å². The molecular formula is C8H11ClN2O. The minimum absolute atomic E-state index is 0.200. The summed E-state index contributed by atoms with van der Waals surface area (Å²) < 4.78 is 4.89. The summed E-state index contributed by atoms with van der Waals surface area (Å²) in [5.74, 6) is 0. The van der Waals surface area contributed by atoms with Crippen molar-refractivity contribution < 1.29 is 4.74 Å². The van der Waals surface area contributed by atoms with Crippen LogP contribution in [0.1, 0.15) is 11.7 Å². The second-order valence-corrected chi connectivity index (χ2v) is 2.90. The van der Waals surface area contributed by atoms with Gasteiger partial charge in [-0.15, -0.1) is 0 Å². The topological polar surface area (TPSA) is 48.1 Å². The molecule has 1 aromatic rings. The summed E-state index contributed by atoms with van der Waals surface area (Å²) >= 11 is 5.75. The smallest absolute Gasteiger partial charge is 0.0708 e. The molecule has 0 saturated carbocycles. The molecule has 0 aliphatic heterocycles. The van der Waals surface area contributed by atoms with Crippen molar-refractivity contribution in [3.63, 3.8) is 0 Å². The Balaban J connectivity index is 2.73. The largest absolute Gasteiger partial charge is 0.383 e. The molecule has 1 rings (SSSR count). The van der Waals surface area contributed by atoms with Crippen LogP contribution in [-0.2, 0) is 4.74 Å². The zero-order valence-corrected chi connectivity index (χ0v) is 7.58. The van der Waals surface area contributed by atoms with E-state index in [-0.39, 0.29) is 6.04 Å². The van der Waals surface area contributed by atoms with Crippen molar-refractivity contribution in [2.45, 2.75) is 6.04 Å². The van der Waals surface area contributed by atoms with E-state index < -0.39 is 0 Å². The molecule has 66 valence electrons. The van der Waals surface area contributed by atoms with Crippen LogP contribution in [0.15, 0.2) is 18.3 Å². The van der Waals surface area contributed by atoms with Crippen LogP contribution in [0.25, 0.3) is 0 Å². The standard InChI is InChI=1S/C8H11ClN2O/c1-12-5-7(10)8-4-6(9)2-3-11-8/h2-4,7H,5,10H2,1H3. The van der Waals surface area contributed by atoms with Gasteiger partial charge < -0.3 is 10.5 Å². The number of halogens is 1. The normalized spacial score (nSPS) is 12.9. The molecule has 2 N–H and O–H groups in total. The summed E-state index contributed by atoms with van der Waals surface area (Å²) in [5.41, 5.74) is 6.48. The molecule has 1 aromatic heterocycles. The van der Waals surface area contributed by atoms with Gasteiger partial charge in [-0.1, -0.05) is 11.6 Å². The second kappa shape index (κ2) is 4.40. The maximum atomic E-state index is 5.75. The highest BCUT2D eigenvalue weighted by Crippen LogP contribution is 2.12. The molecule has 0 aliphatic rings. The van der Waals surface area contributed by atoms with Crippen LogP contribution in [0.4, 0.5) is 0 Å². The predicted octanol–water partition coefficient (Wildman–Crippen LogP) is 1.38. The van der Waals surface area contributed by atoms with Crippen molar-refractivity contribution in [2.75, 3.05) is 13.7 Å². The zero-order chi connectivity index (χ0) is 8.97. The van der Waals surface area contributed by atoms with Crippen molar-refractivity contribution in [1.82, 2.24) is 4.98 Å². The number of hydrogen-bond acceptors (Lipinski definition) is 3. The summed E-state index contributed by atoms with van der Waals surface area (Å²) in [4.78, 5) is 4.07. The van der Waals surface area contributed by atoms with Crippen LogP contribution in [0, 0.1) is 0 Å². The zero-order valence-electron chi connectivity index (χ0n) is 6.83. The van der Waals surface area contributed by atoms with Crippen molar-refractivity contribution in [2.24, 2.45) is 5.73 Å². The fourth-order valence-corrected chi connectivity index (χ4v) is 1.06. The van der Waals surface area contributed by atoms with E-state index in [1.165, 1.54) is 0 Å². The highest BCUT2D eigenvalue weighted by Gasteiger charge is 2.06. The third kappa shape index (κ3) is 2.44. The maximum absolute atomic E-state index is 5.75. The molecule has 0 bridgehead atoms. The lowest BCUT2D eigenvalue weighted by molar-refractivity contribution is 0.179. The third-order valence-electron chi connectivity index (χ3n) is 1.47. The Labute approximate surface area is 76.5 Å². The number of rotatable bonds is 3. The van der Waals surface area contributed by atoms with E-state index in [2.05, 4.69) is 4.98 Å². The van der Waals surface area contributed by atoms with Crippen molar-refractivity contribution in [3.05, 3.63) is 29.0 Å². The molecule has 4 heteroatoms. The van der Waals surface area contributed by atoms with E-state index in [1.807, 2.05) is 0 Å². The van der Waals surface area contributed by atoms with Gasteiger partial charge in [0.05, 0.1) is 18.3 Å². The van der Waals surface area contributed by atoms with Gasteiger partial charge in [0.15, 0.2) is 0 Å². The van der Waals surface area contributed by atoms with Gasteiger partial charge >= 0.3 is 0 Å². The summed E-state index contributed by atoms with van der Waals surface area (Å²) in [6.45, 7) is 0.452. The molecule has 0 aliphatic carbocycles. The van der Waals surface area contributed by atoms with Gasteiger partial charge in [-0.25, -0.2) is 0 Å². The maximum Gasteiger partial charge on any atom is 0.0708 e.